The maximum Gasteiger partial charge on any atom is 0.316 e. The Bertz CT molecular complexity index is 729. The summed E-state index contributed by atoms with van der Waals surface area (Å²) >= 11 is 0. The fraction of sp³-hybridized carbons (Fsp3) is 0.786. The molecular formula is C28H42O5. The van der Waals surface area contributed by atoms with Gasteiger partial charge in [0.2, 0.25) is 0 Å². The molecule has 1 heterocycles. The molecule has 0 aromatic rings. The molecule has 4 rings (SSSR count). The largest absolute Gasteiger partial charge is 0.468 e. The number of ketones is 1. The van der Waals surface area contributed by atoms with E-state index in [0.717, 1.165) is 64.4 Å². The quantitative estimate of drug-likeness (QED) is 0.262. The van der Waals surface area contributed by atoms with Crippen LogP contribution in [0.15, 0.2) is 23.8 Å². The zero-order valence-electron chi connectivity index (χ0n) is 20.5. The molecule has 184 valence electrons. The summed E-state index contributed by atoms with van der Waals surface area (Å²) in [4.78, 5) is 25.5. The summed E-state index contributed by atoms with van der Waals surface area (Å²) in [6, 6.07) is 0. The van der Waals surface area contributed by atoms with Crippen molar-refractivity contribution in [2.45, 2.75) is 96.4 Å². The summed E-state index contributed by atoms with van der Waals surface area (Å²) in [5.74, 6) is 0.862. The summed E-state index contributed by atoms with van der Waals surface area (Å²) in [5.41, 5.74) is 1.38. The van der Waals surface area contributed by atoms with E-state index in [1.807, 2.05) is 0 Å². The van der Waals surface area contributed by atoms with Crippen LogP contribution in [0, 0.1) is 29.6 Å². The summed E-state index contributed by atoms with van der Waals surface area (Å²) in [6.07, 6.45) is 19.0. The fourth-order valence-electron chi connectivity index (χ4n) is 6.85. The Hall–Kier alpha value is -1.46. The van der Waals surface area contributed by atoms with Gasteiger partial charge >= 0.3 is 5.97 Å². The lowest BCUT2D eigenvalue weighted by atomic mass is 9.77. The first-order valence-corrected chi connectivity index (χ1v) is 13.3. The minimum atomic E-state index is -0.586. The van der Waals surface area contributed by atoms with Gasteiger partial charge in [0, 0.05) is 18.9 Å². The monoisotopic (exact) mass is 458 g/mol. The van der Waals surface area contributed by atoms with Gasteiger partial charge in [0.25, 0.3) is 0 Å². The van der Waals surface area contributed by atoms with Gasteiger partial charge in [0.05, 0.1) is 13.2 Å². The number of allylic oxidation sites excluding steroid dienone is 3. The maximum absolute atomic E-state index is 13.1. The van der Waals surface area contributed by atoms with E-state index >= 15 is 0 Å². The molecule has 0 aromatic carbocycles. The Morgan fingerprint density at radius 3 is 2.58 bits per heavy atom. The van der Waals surface area contributed by atoms with Crippen LogP contribution in [0.2, 0.25) is 0 Å². The van der Waals surface area contributed by atoms with Crippen molar-refractivity contribution in [2.75, 3.05) is 13.7 Å². The third-order valence-electron chi connectivity index (χ3n) is 8.48. The molecule has 0 aromatic heterocycles. The van der Waals surface area contributed by atoms with Gasteiger partial charge in [-0.1, -0.05) is 43.1 Å². The maximum atomic E-state index is 13.1. The minimum absolute atomic E-state index is 0.0407. The molecule has 33 heavy (non-hydrogen) atoms. The van der Waals surface area contributed by atoms with Gasteiger partial charge in [-0.15, -0.1) is 0 Å². The van der Waals surface area contributed by atoms with E-state index in [4.69, 9.17) is 14.2 Å². The van der Waals surface area contributed by atoms with E-state index < -0.39 is 5.92 Å². The molecule has 6 atom stereocenters. The van der Waals surface area contributed by atoms with Crippen molar-refractivity contribution < 1.29 is 23.8 Å². The third-order valence-corrected chi connectivity index (χ3v) is 8.48. The van der Waals surface area contributed by atoms with Gasteiger partial charge in [-0.25, -0.2) is 0 Å². The van der Waals surface area contributed by atoms with Gasteiger partial charge < -0.3 is 14.2 Å². The Morgan fingerprint density at radius 2 is 1.88 bits per heavy atom. The zero-order chi connectivity index (χ0) is 23.2. The molecule has 0 N–H and O–H groups in total. The van der Waals surface area contributed by atoms with Crippen LogP contribution >= 0.6 is 0 Å². The van der Waals surface area contributed by atoms with E-state index in [2.05, 4.69) is 25.2 Å². The van der Waals surface area contributed by atoms with Crippen LogP contribution in [-0.4, -0.2) is 37.9 Å². The SMILES string of the molecule is CC=C[C@@H]1[C@H]2CC(=CCC(=O)C(C(=O)OC)C3CCCCC3)C[C@@H]2C[C@H]1OC1CCCCO1. The number of hydrogen-bond acceptors (Lipinski definition) is 5. The Kier molecular flexibility index (Phi) is 8.81. The molecule has 0 bridgehead atoms. The van der Waals surface area contributed by atoms with Crippen molar-refractivity contribution in [3.8, 4) is 0 Å². The van der Waals surface area contributed by atoms with E-state index in [-0.39, 0.29) is 30.1 Å². The summed E-state index contributed by atoms with van der Waals surface area (Å²) in [7, 11) is 1.40. The summed E-state index contributed by atoms with van der Waals surface area (Å²) in [5, 5.41) is 0. The smallest absolute Gasteiger partial charge is 0.316 e. The molecule has 4 aliphatic rings. The van der Waals surface area contributed by atoms with Crippen molar-refractivity contribution in [3.63, 3.8) is 0 Å². The molecule has 3 aliphatic carbocycles. The highest BCUT2D eigenvalue weighted by Crippen LogP contribution is 2.52. The number of fused-ring (bicyclic) bond motifs is 1. The number of rotatable bonds is 8. The van der Waals surface area contributed by atoms with Gasteiger partial charge in [-0.3, -0.25) is 9.59 Å². The van der Waals surface area contributed by atoms with E-state index in [1.54, 1.807) is 0 Å². The average molecular weight is 459 g/mol. The molecule has 0 radical (unpaired) electrons. The lowest BCUT2D eigenvalue weighted by Crippen LogP contribution is -2.33. The van der Waals surface area contributed by atoms with Crippen LogP contribution in [0.1, 0.15) is 84.0 Å². The standard InChI is InChI=1S/C28H42O5/c1-3-9-22-23-17-19(16-21(23)18-25(22)33-26-12-7-8-15-32-26)13-14-24(29)27(28(30)31-2)20-10-5-4-6-11-20/h3,9,13,20-23,25-27H,4-8,10-12,14-18H2,1-2H3/t21-,22-,23+,25-,26?,27?/m1/s1. The summed E-state index contributed by atoms with van der Waals surface area (Å²) < 4.78 is 17.3. The van der Waals surface area contributed by atoms with Crippen molar-refractivity contribution in [2.24, 2.45) is 29.6 Å². The minimum Gasteiger partial charge on any atom is -0.468 e. The number of carbonyl (C=O) groups is 2. The Labute approximate surface area is 199 Å². The second kappa shape index (κ2) is 11.8. The lowest BCUT2D eigenvalue weighted by Gasteiger charge is -2.29. The van der Waals surface area contributed by atoms with Gasteiger partial charge in [-0.05, 0) is 76.0 Å². The van der Waals surface area contributed by atoms with Gasteiger partial charge in [0.15, 0.2) is 12.1 Å². The summed E-state index contributed by atoms with van der Waals surface area (Å²) in [6.45, 7) is 2.90. The first kappa shape index (κ1) is 24.7. The van der Waals surface area contributed by atoms with E-state index in [1.165, 1.54) is 25.5 Å². The predicted octanol–water partition coefficient (Wildman–Crippen LogP) is 5.78. The normalized spacial score (nSPS) is 35.1. The van der Waals surface area contributed by atoms with E-state index in [9.17, 15) is 9.59 Å². The fourth-order valence-corrected chi connectivity index (χ4v) is 6.85. The average Bonchev–Trinajstić information content (AvgIpc) is 3.37. The number of hydrogen-bond donors (Lipinski definition) is 0. The molecule has 3 saturated carbocycles. The molecule has 1 aliphatic heterocycles. The van der Waals surface area contributed by atoms with Crippen LogP contribution in [0.5, 0.6) is 0 Å². The van der Waals surface area contributed by atoms with E-state index in [0.29, 0.717) is 24.2 Å². The number of methoxy groups -OCH3 is 1. The number of esters is 1. The number of carbonyl (C=O) groups excluding carboxylic acids is 2. The van der Waals surface area contributed by atoms with Crippen LogP contribution in [0.4, 0.5) is 0 Å². The van der Waals surface area contributed by atoms with Gasteiger partial charge in [0.1, 0.15) is 5.92 Å². The molecule has 2 unspecified atom stereocenters. The van der Waals surface area contributed by atoms with Crippen LogP contribution in [0.25, 0.3) is 0 Å². The van der Waals surface area contributed by atoms with Crippen molar-refractivity contribution in [1.82, 2.24) is 0 Å². The highest BCUT2D eigenvalue weighted by Gasteiger charge is 2.47. The van der Waals surface area contributed by atoms with Gasteiger partial charge in [-0.2, -0.15) is 0 Å². The highest BCUT2D eigenvalue weighted by molar-refractivity contribution is 5.99. The first-order valence-electron chi connectivity index (χ1n) is 13.3. The first-order chi connectivity index (χ1) is 16.1. The third kappa shape index (κ3) is 5.97. The molecule has 5 heteroatoms. The molecule has 5 nitrogen and oxygen atoms in total. The van der Waals surface area contributed by atoms with Crippen molar-refractivity contribution >= 4 is 11.8 Å². The van der Waals surface area contributed by atoms with Crippen LogP contribution < -0.4 is 0 Å². The molecule has 0 amide bonds. The number of ether oxygens (including phenoxy) is 3. The molecule has 0 spiro atoms. The number of Topliss-reactive ketones (excluding diaryl/α,β-unsaturated/α-hetero) is 1. The van der Waals surface area contributed by atoms with Crippen LogP contribution in [-0.2, 0) is 23.8 Å². The second-order valence-electron chi connectivity index (χ2n) is 10.6. The highest BCUT2D eigenvalue weighted by atomic mass is 16.7. The predicted molar refractivity (Wildman–Crippen MR) is 127 cm³/mol. The topological polar surface area (TPSA) is 61.8 Å². The van der Waals surface area contributed by atoms with Crippen molar-refractivity contribution in [3.05, 3.63) is 23.8 Å². The Morgan fingerprint density at radius 1 is 1.09 bits per heavy atom. The Balaban J connectivity index is 1.36. The second-order valence-corrected chi connectivity index (χ2v) is 10.6. The van der Waals surface area contributed by atoms with Crippen molar-refractivity contribution in [1.29, 1.82) is 0 Å². The lowest BCUT2D eigenvalue weighted by molar-refractivity contribution is -0.193. The molecular weight excluding hydrogens is 416 g/mol. The molecule has 1 saturated heterocycles. The van der Waals surface area contributed by atoms with Crippen LogP contribution in [0.3, 0.4) is 0 Å². The molecule has 4 fully saturated rings. The zero-order valence-corrected chi connectivity index (χ0v) is 20.5.